The molecule has 2 aromatic rings. The largest absolute Gasteiger partial charge is 0.396 e. The lowest BCUT2D eigenvalue weighted by molar-refractivity contribution is 0.203. The van der Waals surface area contributed by atoms with E-state index in [4.69, 9.17) is 0 Å². The lowest BCUT2D eigenvalue weighted by atomic mass is 9.97. The van der Waals surface area contributed by atoms with Crippen LogP contribution in [0.5, 0.6) is 0 Å². The Kier molecular flexibility index (Phi) is 5.19. The molecule has 2 N–H and O–H groups in total. The molecular weight excluding hydrogens is 284 g/mol. The van der Waals surface area contributed by atoms with Gasteiger partial charge in [-0.25, -0.2) is 0 Å². The van der Waals surface area contributed by atoms with Gasteiger partial charge < -0.3 is 15.3 Å². The van der Waals surface area contributed by atoms with Gasteiger partial charge >= 0.3 is 0 Å². The fraction of sp³-hybridized carbons (Fsp3) is 0.400. The molecule has 3 rings (SSSR count). The summed E-state index contributed by atoms with van der Waals surface area (Å²) in [7, 11) is 0. The van der Waals surface area contributed by atoms with E-state index in [1.165, 1.54) is 22.5 Å². The highest BCUT2D eigenvalue weighted by Crippen LogP contribution is 2.30. The molecule has 2 aromatic carbocycles. The van der Waals surface area contributed by atoms with Crippen LogP contribution in [0.15, 0.2) is 48.5 Å². The van der Waals surface area contributed by atoms with Crippen molar-refractivity contribution in [2.24, 2.45) is 5.92 Å². The van der Waals surface area contributed by atoms with Crippen LogP contribution >= 0.6 is 0 Å². The Bertz CT molecular complexity index is 633. The second-order valence-electron chi connectivity index (χ2n) is 6.47. The SMILES string of the molecule is Cc1cccc(CNc2ccccc2N2CCC(CO)CC2)c1. The zero-order chi connectivity index (χ0) is 16.1. The molecule has 1 aliphatic rings. The number of piperidine rings is 1. The molecule has 122 valence electrons. The standard InChI is InChI=1S/C20H26N2O/c1-16-5-4-6-18(13-16)14-21-19-7-2-3-8-20(19)22-11-9-17(15-23)10-12-22/h2-8,13,17,21,23H,9-12,14-15H2,1H3. The van der Waals surface area contributed by atoms with Gasteiger partial charge in [0.05, 0.1) is 11.4 Å². The molecule has 1 heterocycles. The number of nitrogens with one attached hydrogen (secondary N) is 1. The minimum Gasteiger partial charge on any atom is -0.396 e. The molecule has 0 amide bonds. The van der Waals surface area contributed by atoms with Crippen molar-refractivity contribution in [3.8, 4) is 0 Å². The molecule has 0 spiro atoms. The van der Waals surface area contributed by atoms with Crippen molar-refractivity contribution in [3.05, 3.63) is 59.7 Å². The monoisotopic (exact) mass is 310 g/mol. The third-order valence-corrected chi connectivity index (χ3v) is 4.68. The van der Waals surface area contributed by atoms with E-state index in [1.807, 2.05) is 0 Å². The first kappa shape index (κ1) is 15.9. The maximum absolute atomic E-state index is 9.30. The van der Waals surface area contributed by atoms with E-state index in [0.29, 0.717) is 12.5 Å². The predicted octanol–water partition coefficient (Wildman–Crippen LogP) is 3.82. The summed E-state index contributed by atoms with van der Waals surface area (Å²) < 4.78 is 0. The minimum absolute atomic E-state index is 0.321. The zero-order valence-corrected chi connectivity index (χ0v) is 13.8. The summed E-state index contributed by atoms with van der Waals surface area (Å²) in [4.78, 5) is 2.44. The number of anilines is 2. The Hall–Kier alpha value is -2.00. The number of aryl methyl sites for hydroxylation is 1. The van der Waals surface area contributed by atoms with Gasteiger partial charge in [0.15, 0.2) is 0 Å². The number of benzene rings is 2. The smallest absolute Gasteiger partial charge is 0.0602 e. The third-order valence-electron chi connectivity index (χ3n) is 4.68. The Morgan fingerprint density at radius 1 is 1.09 bits per heavy atom. The zero-order valence-electron chi connectivity index (χ0n) is 13.8. The van der Waals surface area contributed by atoms with Crippen LogP contribution in [0.4, 0.5) is 11.4 Å². The summed E-state index contributed by atoms with van der Waals surface area (Å²) >= 11 is 0. The van der Waals surface area contributed by atoms with Crippen LogP contribution in [-0.4, -0.2) is 24.8 Å². The molecule has 0 atom stereocenters. The lowest BCUT2D eigenvalue weighted by Crippen LogP contribution is -2.35. The molecule has 0 aromatic heterocycles. The molecule has 0 saturated carbocycles. The molecule has 0 radical (unpaired) electrons. The molecule has 1 fully saturated rings. The van der Waals surface area contributed by atoms with Gasteiger partial charge in [-0.3, -0.25) is 0 Å². The van der Waals surface area contributed by atoms with E-state index in [9.17, 15) is 5.11 Å². The Morgan fingerprint density at radius 2 is 1.87 bits per heavy atom. The molecule has 3 heteroatoms. The number of aliphatic hydroxyl groups is 1. The van der Waals surface area contributed by atoms with E-state index in [0.717, 1.165) is 32.5 Å². The maximum atomic E-state index is 9.30. The van der Waals surface area contributed by atoms with Crippen LogP contribution in [0.25, 0.3) is 0 Å². The molecular formula is C20H26N2O. The fourth-order valence-corrected chi connectivity index (χ4v) is 3.27. The predicted molar refractivity (Wildman–Crippen MR) is 97.0 cm³/mol. The second kappa shape index (κ2) is 7.51. The number of rotatable bonds is 5. The number of hydrogen-bond acceptors (Lipinski definition) is 3. The molecule has 23 heavy (non-hydrogen) atoms. The summed E-state index contributed by atoms with van der Waals surface area (Å²) in [5.41, 5.74) is 5.07. The Labute approximate surface area is 139 Å². The van der Waals surface area contributed by atoms with Gasteiger partial charge in [-0.2, -0.15) is 0 Å². The molecule has 1 saturated heterocycles. The van der Waals surface area contributed by atoms with E-state index in [-0.39, 0.29) is 0 Å². The summed E-state index contributed by atoms with van der Waals surface area (Å²) in [5.74, 6) is 0.471. The molecule has 1 aliphatic heterocycles. The Morgan fingerprint density at radius 3 is 2.61 bits per heavy atom. The van der Waals surface area contributed by atoms with Crippen LogP contribution in [0.2, 0.25) is 0 Å². The summed E-state index contributed by atoms with van der Waals surface area (Å²) in [6.07, 6.45) is 2.14. The first-order valence-electron chi connectivity index (χ1n) is 8.50. The van der Waals surface area contributed by atoms with Crippen LogP contribution in [0, 0.1) is 12.8 Å². The average Bonchev–Trinajstić information content (AvgIpc) is 2.60. The molecule has 3 nitrogen and oxygen atoms in total. The number of nitrogens with zero attached hydrogens (tertiary/aromatic N) is 1. The van der Waals surface area contributed by atoms with Crippen LogP contribution in [0.1, 0.15) is 24.0 Å². The number of para-hydroxylation sites is 2. The van der Waals surface area contributed by atoms with Gasteiger partial charge in [0.2, 0.25) is 0 Å². The molecule has 0 bridgehead atoms. The van der Waals surface area contributed by atoms with Crippen LogP contribution in [-0.2, 0) is 6.54 Å². The minimum atomic E-state index is 0.321. The normalized spacial score (nSPS) is 15.7. The van der Waals surface area contributed by atoms with Crippen molar-refractivity contribution in [3.63, 3.8) is 0 Å². The van der Waals surface area contributed by atoms with E-state index in [1.54, 1.807) is 0 Å². The van der Waals surface area contributed by atoms with Crippen LogP contribution in [0.3, 0.4) is 0 Å². The van der Waals surface area contributed by atoms with E-state index >= 15 is 0 Å². The van der Waals surface area contributed by atoms with Gasteiger partial charge in [0.25, 0.3) is 0 Å². The van der Waals surface area contributed by atoms with Crippen molar-refractivity contribution < 1.29 is 5.11 Å². The quantitative estimate of drug-likeness (QED) is 0.881. The number of hydrogen-bond donors (Lipinski definition) is 2. The second-order valence-corrected chi connectivity index (χ2v) is 6.47. The highest BCUT2D eigenvalue weighted by atomic mass is 16.3. The first-order valence-corrected chi connectivity index (χ1v) is 8.50. The molecule has 0 unspecified atom stereocenters. The molecule has 0 aliphatic carbocycles. The van der Waals surface area contributed by atoms with E-state index in [2.05, 4.69) is 65.7 Å². The topological polar surface area (TPSA) is 35.5 Å². The summed E-state index contributed by atoms with van der Waals surface area (Å²) in [5, 5.41) is 12.9. The highest BCUT2D eigenvalue weighted by Gasteiger charge is 2.20. The van der Waals surface area contributed by atoms with Gasteiger partial charge in [-0.05, 0) is 43.4 Å². The van der Waals surface area contributed by atoms with Crippen molar-refractivity contribution in [2.45, 2.75) is 26.3 Å². The first-order chi connectivity index (χ1) is 11.3. The van der Waals surface area contributed by atoms with Crippen molar-refractivity contribution in [1.29, 1.82) is 0 Å². The van der Waals surface area contributed by atoms with Gasteiger partial charge in [-0.1, -0.05) is 42.0 Å². The third kappa shape index (κ3) is 4.05. The van der Waals surface area contributed by atoms with Crippen molar-refractivity contribution >= 4 is 11.4 Å². The highest BCUT2D eigenvalue weighted by molar-refractivity contribution is 5.70. The van der Waals surface area contributed by atoms with Gasteiger partial charge in [-0.15, -0.1) is 0 Å². The van der Waals surface area contributed by atoms with Crippen molar-refractivity contribution in [1.82, 2.24) is 0 Å². The van der Waals surface area contributed by atoms with Gasteiger partial charge in [0.1, 0.15) is 0 Å². The average molecular weight is 310 g/mol. The van der Waals surface area contributed by atoms with E-state index < -0.39 is 0 Å². The van der Waals surface area contributed by atoms with Crippen LogP contribution < -0.4 is 10.2 Å². The summed E-state index contributed by atoms with van der Waals surface area (Å²) in [6, 6.07) is 17.2. The van der Waals surface area contributed by atoms with Gasteiger partial charge in [0, 0.05) is 26.2 Å². The summed E-state index contributed by atoms with van der Waals surface area (Å²) in [6.45, 7) is 5.33. The fourth-order valence-electron chi connectivity index (χ4n) is 3.27. The Balaban J connectivity index is 1.68. The lowest BCUT2D eigenvalue weighted by Gasteiger charge is -2.34. The van der Waals surface area contributed by atoms with Crippen molar-refractivity contribution in [2.75, 3.05) is 29.9 Å². The number of aliphatic hydroxyl groups excluding tert-OH is 1. The maximum Gasteiger partial charge on any atom is 0.0602 e.